The zero-order valence-corrected chi connectivity index (χ0v) is 13.4. The Morgan fingerprint density at radius 2 is 1.45 bits per heavy atom. The fourth-order valence-electron chi connectivity index (χ4n) is 2.34. The molecule has 0 aliphatic heterocycles. The second kappa shape index (κ2) is 8.23. The maximum absolute atomic E-state index is 5.97. The molecule has 2 rings (SSSR count). The molecule has 0 unspecified atom stereocenters. The van der Waals surface area contributed by atoms with Crippen molar-refractivity contribution in [1.82, 2.24) is 5.32 Å². The lowest BCUT2D eigenvalue weighted by Gasteiger charge is -2.19. The Kier molecular flexibility index (Phi) is 6.01. The van der Waals surface area contributed by atoms with Crippen LogP contribution >= 0.6 is 0 Å². The fraction of sp³-hybridized carbons (Fsp3) is 0.316. The average Bonchev–Trinajstić information content (AvgIpc) is 2.55. The van der Waals surface area contributed by atoms with Gasteiger partial charge in [-0.2, -0.15) is 0 Å². The van der Waals surface area contributed by atoms with Gasteiger partial charge in [0.15, 0.2) is 5.96 Å². The van der Waals surface area contributed by atoms with Crippen molar-refractivity contribution >= 4 is 5.96 Å². The van der Waals surface area contributed by atoms with Gasteiger partial charge in [0.2, 0.25) is 0 Å². The molecule has 0 atom stereocenters. The Bertz CT molecular complexity index is 537. The lowest BCUT2D eigenvalue weighted by molar-refractivity contribution is 0.659. The summed E-state index contributed by atoms with van der Waals surface area (Å²) >= 11 is 0. The van der Waals surface area contributed by atoms with Gasteiger partial charge in [0.1, 0.15) is 0 Å². The van der Waals surface area contributed by atoms with Gasteiger partial charge in [-0.25, -0.2) is 0 Å². The minimum Gasteiger partial charge on any atom is -0.370 e. The monoisotopic (exact) mass is 295 g/mol. The van der Waals surface area contributed by atoms with Crippen LogP contribution in [0.2, 0.25) is 0 Å². The van der Waals surface area contributed by atoms with Crippen LogP contribution in [0.3, 0.4) is 0 Å². The van der Waals surface area contributed by atoms with E-state index in [1.165, 1.54) is 11.1 Å². The number of guanidine groups is 1. The topological polar surface area (TPSA) is 50.4 Å². The van der Waals surface area contributed by atoms with Crippen LogP contribution in [0.15, 0.2) is 65.7 Å². The molecule has 0 spiro atoms. The Balaban J connectivity index is 2.11. The molecule has 0 saturated heterocycles. The van der Waals surface area contributed by atoms with Crippen molar-refractivity contribution in [2.45, 2.75) is 19.8 Å². The number of hydrogen-bond acceptors (Lipinski definition) is 1. The van der Waals surface area contributed by atoms with Crippen molar-refractivity contribution in [1.29, 1.82) is 0 Å². The van der Waals surface area contributed by atoms with E-state index in [0.717, 1.165) is 13.1 Å². The van der Waals surface area contributed by atoms with Crippen LogP contribution in [-0.2, 0) is 0 Å². The molecule has 3 nitrogen and oxygen atoms in total. The highest BCUT2D eigenvalue weighted by molar-refractivity contribution is 5.77. The highest BCUT2D eigenvalue weighted by Gasteiger charge is 2.13. The molecule has 0 radical (unpaired) electrons. The molecule has 22 heavy (non-hydrogen) atoms. The van der Waals surface area contributed by atoms with Gasteiger partial charge in [-0.1, -0.05) is 74.5 Å². The number of nitrogens with zero attached hydrogens (tertiary/aromatic N) is 1. The van der Waals surface area contributed by atoms with Crippen LogP contribution in [0.5, 0.6) is 0 Å². The zero-order chi connectivity index (χ0) is 15.8. The quantitative estimate of drug-likeness (QED) is 0.634. The minimum atomic E-state index is 0.259. The maximum Gasteiger partial charge on any atom is 0.188 e. The van der Waals surface area contributed by atoms with E-state index in [2.05, 4.69) is 72.7 Å². The van der Waals surface area contributed by atoms with Gasteiger partial charge >= 0.3 is 0 Å². The number of benzene rings is 2. The van der Waals surface area contributed by atoms with Gasteiger partial charge in [-0.05, 0) is 17.0 Å². The normalized spacial score (nSPS) is 11.9. The molecule has 3 N–H and O–H groups in total. The molecule has 0 aliphatic rings. The van der Waals surface area contributed by atoms with Gasteiger partial charge in [0.25, 0.3) is 0 Å². The van der Waals surface area contributed by atoms with Crippen LogP contribution in [0, 0.1) is 5.92 Å². The summed E-state index contributed by atoms with van der Waals surface area (Å²) in [5.74, 6) is 1.29. The molecule has 116 valence electrons. The summed E-state index contributed by atoms with van der Waals surface area (Å²) in [6.07, 6.45) is 0. The van der Waals surface area contributed by atoms with Crippen molar-refractivity contribution < 1.29 is 0 Å². The van der Waals surface area contributed by atoms with E-state index in [0.29, 0.717) is 11.9 Å². The summed E-state index contributed by atoms with van der Waals surface area (Å²) < 4.78 is 0. The third kappa shape index (κ3) is 4.92. The molecule has 3 heteroatoms. The first kappa shape index (κ1) is 16.1. The third-order valence-electron chi connectivity index (χ3n) is 3.52. The summed E-state index contributed by atoms with van der Waals surface area (Å²) in [6.45, 7) is 5.75. The lowest BCUT2D eigenvalue weighted by atomic mass is 9.91. The van der Waals surface area contributed by atoms with Gasteiger partial charge in [-0.3, -0.25) is 4.99 Å². The van der Waals surface area contributed by atoms with Crippen molar-refractivity contribution in [3.05, 3.63) is 71.8 Å². The molecular formula is C19H25N3. The van der Waals surface area contributed by atoms with Crippen molar-refractivity contribution in [2.75, 3.05) is 13.1 Å². The van der Waals surface area contributed by atoms with E-state index in [4.69, 9.17) is 5.73 Å². The molecule has 2 aromatic carbocycles. The molecule has 0 aliphatic carbocycles. The first-order chi connectivity index (χ1) is 10.7. The van der Waals surface area contributed by atoms with Crippen LogP contribution in [0.25, 0.3) is 0 Å². The second-order valence-electron chi connectivity index (χ2n) is 5.87. The average molecular weight is 295 g/mol. The Labute approximate surface area is 133 Å². The van der Waals surface area contributed by atoms with Crippen molar-refractivity contribution in [3.8, 4) is 0 Å². The van der Waals surface area contributed by atoms with Crippen molar-refractivity contribution in [2.24, 2.45) is 16.6 Å². The number of hydrogen-bond donors (Lipinski definition) is 2. The predicted molar refractivity (Wildman–Crippen MR) is 94.1 cm³/mol. The number of nitrogens with two attached hydrogens (primary N) is 1. The summed E-state index contributed by atoms with van der Waals surface area (Å²) in [7, 11) is 0. The lowest BCUT2D eigenvalue weighted by Crippen LogP contribution is -2.35. The summed E-state index contributed by atoms with van der Waals surface area (Å²) in [6, 6.07) is 21.0. The number of rotatable bonds is 6. The molecule has 0 fully saturated rings. The zero-order valence-electron chi connectivity index (χ0n) is 13.4. The van der Waals surface area contributed by atoms with E-state index in [1.807, 2.05) is 12.1 Å². The Hall–Kier alpha value is -2.29. The SMILES string of the molecule is CC(C)CN=C(N)NCC(c1ccccc1)c1ccccc1. The first-order valence-corrected chi connectivity index (χ1v) is 7.80. The smallest absolute Gasteiger partial charge is 0.188 e. The number of aliphatic imine (C=N–C) groups is 1. The van der Waals surface area contributed by atoms with Gasteiger partial charge in [0, 0.05) is 19.0 Å². The Morgan fingerprint density at radius 3 is 1.91 bits per heavy atom. The third-order valence-corrected chi connectivity index (χ3v) is 3.52. The van der Waals surface area contributed by atoms with E-state index in [1.54, 1.807) is 0 Å². The maximum atomic E-state index is 5.97. The van der Waals surface area contributed by atoms with E-state index in [-0.39, 0.29) is 5.92 Å². The molecule has 0 aromatic heterocycles. The second-order valence-corrected chi connectivity index (χ2v) is 5.87. The first-order valence-electron chi connectivity index (χ1n) is 7.80. The standard InChI is InChI=1S/C19H25N3/c1-15(2)13-21-19(20)22-14-18(16-9-5-3-6-10-16)17-11-7-4-8-12-17/h3-12,15,18H,13-14H2,1-2H3,(H3,20,21,22). The van der Waals surface area contributed by atoms with Gasteiger partial charge in [0.05, 0.1) is 0 Å². The molecule has 0 bridgehead atoms. The van der Waals surface area contributed by atoms with Crippen LogP contribution in [0.4, 0.5) is 0 Å². The summed E-state index contributed by atoms with van der Waals surface area (Å²) in [4.78, 5) is 4.37. The van der Waals surface area contributed by atoms with Crippen LogP contribution < -0.4 is 11.1 Å². The van der Waals surface area contributed by atoms with E-state index in [9.17, 15) is 0 Å². The molecule has 0 amide bonds. The Morgan fingerprint density at radius 1 is 0.955 bits per heavy atom. The highest BCUT2D eigenvalue weighted by atomic mass is 15.1. The molecule has 2 aromatic rings. The predicted octanol–water partition coefficient (Wildman–Crippen LogP) is 3.38. The fourth-order valence-corrected chi connectivity index (χ4v) is 2.34. The molecule has 0 saturated carbocycles. The van der Waals surface area contributed by atoms with Gasteiger partial charge < -0.3 is 11.1 Å². The van der Waals surface area contributed by atoms with E-state index < -0.39 is 0 Å². The number of nitrogens with one attached hydrogen (secondary N) is 1. The van der Waals surface area contributed by atoms with E-state index >= 15 is 0 Å². The summed E-state index contributed by atoms with van der Waals surface area (Å²) in [5, 5.41) is 3.26. The summed E-state index contributed by atoms with van der Waals surface area (Å²) in [5.41, 5.74) is 8.52. The largest absolute Gasteiger partial charge is 0.370 e. The highest BCUT2D eigenvalue weighted by Crippen LogP contribution is 2.23. The molecular weight excluding hydrogens is 270 g/mol. The van der Waals surface area contributed by atoms with Crippen molar-refractivity contribution in [3.63, 3.8) is 0 Å². The van der Waals surface area contributed by atoms with Crippen LogP contribution in [0.1, 0.15) is 30.9 Å². The van der Waals surface area contributed by atoms with Crippen LogP contribution in [-0.4, -0.2) is 19.0 Å². The molecule has 0 heterocycles. The van der Waals surface area contributed by atoms with Gasteiger partial charge in [-0.15, -0.1) is 0 Å². The minimum absolute atomic E-state index is 0.259.